The molecule has 1 aliphatic heterocycles. The Kier molecular flexibility index (Phi) is 4.64. The maximum Gasteiger partial charge on any atom is 0.194 e. The van der Waals surface area contributed by atoms with Gasteiger partial charge in [-0.2, -0.15) is 0 Å². The molecule has 23 heavy (non-hydrogen) atoms. The van der Waals surface area contributed by atoms with Crippen LogP contribution in [-0.2, 0) is 9.84 Å². The summed E-state index contributed by atoms with van der Waals surface area (Å²) in [4.78, 5) is 7.04. The number of hydrogen-bond donors (Lipinski definition) is 1. The van der Waals surface area contributed by atoms with Gasteiger partial charge in [0.15, 0.2) is 15.8 Å². The largest absolute Gasteiger partial charge is 0.357 e. The van der Waals surface area contributed by atoms with Crippen LogP contribution in [0.3, 0.4) is 0 Å². The normalized spacial score (nSPS) is 28.6. The maximum absolute atomic E-state index is 12.7. The number of nitrogens with zero attached hydrogens (tertiary/aromatic N) is 2. The second-order valence-electron chi connectivity index (χ2n) is 7.96. The van der Waals surface area contributed by atoms with Gasteiger partial charge in [0.1, 0.15) is 0 Å². The predicted molar refractivity (Wildman–Crippen MR) is 94.5 cm³/mol. The molecule has 6 heteroatoms. The molecular weight excluding hydrogens is 310 g/mol. The fourth-order valence-electron chi connectivity index (χ4n) is 3.88. The van der Waals surface area contributed by atoms with Crippen molar-refractivity contribution in [1.29, 1.82) is 0 Å². The van der Waals surface area contributed by atoms with Crippen LogP contribution in [-0.4, -0.2) is 56.0 Å². The number of rotatable bonds is 3. The first-order valence-corrected chi connectivity index (χ1v) is 10.8. The van der Waals surface area contributed by atoms with Gasteiger partial charge in [-0.25, -0.2) is 8.42 Å². The second-order valence-corrected chi connectivity index (χ2v) is 10.5. The molecule has 0 bridgehead atoms. The van der Waals surface area contributed by atoms with E-state index >= 15 is 0 Å². The minimum absolute atomic E-state index is 0.273. The van der Waals surface area contributed by atoms with Crippen molar-refractivity contribution in [3.8, 4) is 0 Å². The van der Waals surface area contributed by atoms with E-state index in [1.165, 1.54) is 19.3 Å². The summed E-state index contributed by atoms with van der Waals surface area (Å²) >= 11 is 0. The Hall–Kier alpha value is -0.780. The smallest absolute Gasteiger partial charge is 0.194 e. The second kappa shape index (κ2) is 6.26. The molecule has 0 atom stereocenters. The Morgan fingerprint density at radius 2 is 1.87 bits per heavy atom. The summed E-state index contributed by atoms with van der Waals surface area (Å²) in [6.07, 6.45) is 7.41. The molecule has 2 saturated carbocycles. The SMILES string of the molecule is CCNC(=NCC1(C)CC1)N1CCS(=O)(=O)C2(CCCCC2)C1. The van der Waals surface area contributed by atoms with Crippen LogP contribution in [0.2, 0.25) is 0 Å². The van der Waals surface area contributed by atoms with E-state index in [-0.39, 0.29) is 5.75 Å². The lowest BCUT2D eigenvalue weighted by molar-refractivity contribution is 0.273. The van der Waals surface area contributed by atoms with Crippen molar-refractivity contribution < 1.29 is 8.42 Å². The fourth-order valence-corrected chi connectivity index (χ4v) is 6.04. The van der Waals surface area contributed by atoms with Gasteiger partial charge >= 0.3 is 0 Å². The van der Waals surface area contributed by atoms with Gasteiger partial charge in [0, 0.05) is 26.2 Å². The molecule has 3 rings (SSSR count). The maximum atomic E-state index is 12.7. The summed E-state index contributed by atoms with van der Waals surface area (Å²) in [5.41, 5.74) is 0.380. The minimum atomic E-state index is -2.98. The average Bonchev–Trinajstić information content (AvgIpc) is 3.26. The van der Waals surface area contributed by atoms with Gasteiger partial charge in [0.2, 0.25) is 0 Å². The van der Waals surface area contributed by atoms with Crippen LogP contribution in [0.15, 0.2) is 4.99 Å². The van der Waals surface area contributed by atoms with Gasteiger partial charge < -0.3 is 10.2 Å². The van der Waals surface area contributed by atoms with Gasteiger partial charge in [0.25, 0.3) is 0 Å². The summed E-state index contributed by atoms with van der Waals surface area (Å²) in [5, 5.41) is 3.38. The van der Waals surface area contributed by atoms with E-state index in [1.807, 2.05) is 0 Å². The lowest BCUT2D eigenvalue weighted by atomic mass is 9.87. The molecule has 3 aliphatic rings. The molecule has 1 spiro atoms. The van der Waals surface area contributed by atoms with Gasteiger partial charge in [-0.3, -0.25) is 4.99 Å². The van der Waals surface area contributed by atoms with Crippen molar-refractivity contribution in [2.24, 2.45) is 10.4 Å². The summed E-state index contributed by atoms with van der Waals surface area (Å²) in [5.74, 6) is 1.19. The highest BCUT2D eigenvalue weighted by atomic mass is 32.2. The molecule has 5 nitrogen and oxygen atoms in total. The summed E-state index contributed by atoms with van der Waals surface area (Å²) in [6, 6.07) is 0. The summed E-state index contributed by atoms with van der Waals surface area (Å²) in [6.45, 7) is 7.23. The van der Waals surface area contributed by atoms with E-state index < -0.39 is 14.6 Å². The van der Waals surface area contributed by atoms with Crippen LogP contribution in [0.5, 0.6) is 0 Å². The Morgan fingerprint density at radius 3 is 2.48 bits per heavy atom. The quantitative estimate of drug-likeness (QED) is 0.631. The third-order valence-electron chi connectivity index (χ3n) is 5.88. The number of aliphatic imine (C=N–C) groups is 1. The van der Waals surface area contributed by atoms with Crippen LogP contribution in [0.4, 0.5) is 0 Å². The first-order chi connectivity index (χ1) is 10.9. The molecule has 0 aromatic rings. The molecule has 1 N–H and O–H groups in total. The molecule has 2 aliphatic carbocycles. The van der Waals surface area contributed by atoms with Crippen molar-refractivity contribution in [1.82, 2.24) is 10.2 Å². The summed E-state index contributed by atoms with van der Waals surface area (Å²) < 4.78 is 24.9. The third-order valence-corrected chi connectivity index (χ3v) is 8.46. The topological polar surface area (TPSA) is 61.8 Å². The van der Waals surface area contributed by atoms with E-state index in [0.717, 1.165) is 44.7 Å². The highest BCUT2D eigenvalue weighted by molar-refractivity contribution is 7.92. The van der Waals surface area contributed by atoms with Crippen molar-refractivity contribution in [2.75, 3.05) is 31.9 Å². The first-order valence-electron chi connectivity index (χ1n) is 9.15. The molecule has 3 fully saturated rings. The van der Waals surface area contributed by atoms with E-state index in [4.69, 9.17) is 4.99 Å². The zero-order valence-corrected chi connectivity index (χ0v) is 15.4. The van der Waals surface area contributed by atoms with Crippen molar-refractivity contribution >= 4 is 15.8 Å². The highest BCUT2D eigenvalue weighted by Gasteiger charge is 2.49. The van der Waals surface area contributed by atoms with Gasteiger partial charge in [-0.15, -0.1) is 0 Å². The molecule has 1 heterocycles. The van der Waals surface area contributed by atoms with Crippen LogP contribution >= 0.6 is 0 Å². The highest BCUT2D eigenvalue weighted by Crippen LogP contribution is 2.45. The number of sulfone groups is 1. The average molecular weight is 342 g/mol. The molecule has 0 aromatic heterocycles. The summed E-state index contributed by atoms with van der Waals surface area (Å²) in [7, 11) is -2.98. The van der Waals surface area contributed by atoms with Crippen molar-refractivity contribution in [3.63, 3.8) is 0 Å². The molecule has 0 unspecified atom stereocenters. The zero-order valence-electron chi connectivity index (χ0n) is 14.6. The number of nitrogens with one attached hydrogen (secondary N) is 1. The molecule has 1 saturated heterocycles. The predicted octanol–water partition coefficient (Wildman–Crippen LogP) is 2.19. The first kappa shape index (κ1) is 17.1. The Bertz CT molecular complexity index is 560. The van der Waals surface area contributed by atoms with Crippen molar-refractivity contribution in [2.45, 2.75) is 63.5 Å². The van der Waals surface area contributed by atoms with Gasteiger partial charge in [-0.1, -0.05) is 26.2 Å². The van der Waals surface area contributed by atoms with Crippen LogP contribution in [0.25, 0.3) is 0 Å². The number of hydrogen-bond acceptors (Lipinski definition) is 3. The fraction of sp³-hybridized carbons (Fsp3) is 0.941. The Balaban J connectivity index is 1.78. The minimum Gasteiger partial charge on any atom is -0.357 e. The molecular formula is C17H31N3O2S. The lowest BCUT2D eigenvalue weighted by Crippen LogP contribution is -2.60. The molecule has 132 valence electrons. The van der Waals surface area contributed by atoms with Gasteiger partial charge in [-0.05, 0) is 38.0 Å². The van der Waals surface area contributed by atoms with Crippen LogP contribution in [0.1, 0.15) is 58.8 Å². The number of guanidine groups is 1. The molecule has 0 radical (unpaired) electrons. The zero-order chi connectivity index (χ0) is 16.6. The van der Waals surface area contributed by atoms with E-state index in [2.05, 4.69) is 24.1 Å². The molecule has 0 aromatic carbocycles. The Labute approximate surface area is 140 Å². The lowest BCUT2D eigenvalue weighted by Gasteiger charge is -2.45. The van der Waals surface area contributed by atoms with Crippen LogP contribution < -0.4 is 5.32 Å². The monoisotopic (exact) mass is 341 g/mol. The van der Waals surface area contributed by atoms with Crippen LogP contribution in [0, 0.1) is 5.41 Å². The standard InChI is InChI=1S/C17H31N3O2S/c1-3-18-15(19-13-16(2)9-10-16)20-11-12-23(21,22)17(14-20)7-5-4-6-8-17/h3-14H2,1-2H3,(H,18,19). The van der Waals surface area contributed by atoms with E-state index in [9.17, 15) is 8.42 Å². The molecule has 0 amide bonds. The van der Waals surface area contributed by atoms with Gasteiger partial charge in [0.05, 0.1) is 10.5 Å². The van der Waals surface area contributed by atoms with E-state index in [0.29, 0.717) is 18.5 Å². The van der Waals surface area contributed by atoms with Crippen molar-refractivity contribution in [3.05, 3.63) is 0 Å². The third kappa shape index (κ3) is 3.52. The van der Waals surface area contributed by atoms with E-state index in [1.54, 1.807) is 0 Å². The Morgan fingerprint density at radius 1 is 1.17 bits per heavy atom.